The minimum atomic E-state index is -0.153. The third-order valence-electron chi connectivity index (χ3n) is 1.16. The van der Waals surface area contributed by atoms with Gasteiger partial charge in [0.2, 0.25) is 0 Å². The van der Waals surface area contributed by atoms with Crippen LogP contribution in [0, 0.1) is 0 Å². The summed E-state index contributed by atoms with van der Waals surface area (Å²) >= 11 is 0. The van der Waals surface area contributed by atoms with Gasteiger partial charge in [-0.25, -0.2) is 0 Å². The minimum absolute atomic E-state index is 0.153. The van der Waals surface area contributed by atoms with Gasteiger partial charge in [0, 0.05) is 6.54 Å². The Morgan fingerprint density at radius 1 is 1.67 bits per heavy atom. The van der Waals surface area contributed by atoms with E-state index in [1.54, 1.807) is 12.3 Å². The molecule has 1 heterocycles. The second-order valence-corrected chi connectivity index (χ2v) is 1.86. The van der Waals surface area contributed by atoms with Gasteiger partial charge in [-0.05, 0) is 12.1 Å². The lowest BCUT2D eigenvalue weighted by atomic mass is 10.2. The Morgan fingerprint density at radius 2 is 2.44 bits per heavy atom. The van der Waals surface area contributed by atoms with Gasteiger partial charge in [0.1, 0.15) is 5.76 Å². The molecule has 0 aromatic carbocycles. The number of furan rings is 1. The molecule has 0 amide bonds. The Labute approximate surface area is 53.6 Å². The van der Waals surface area contributed by atoms with Gasteiger partial charge in [-0.15, -0.1) is 0 Å². The largest absolute Gasteiger partial charge is 0.468 e. The van der Waals surface area contributed by atoms with E-state index >= 15 is 0 Å². The lowest BCUT2D eigenvalue weighted by Gasteiger charge is -2.01. The third kappa shape index (κ3) is 1.31. The van der Waals surface area contributed by atoms with Crippen molar-refractivity contribution >= 4 is 0 Å². The Hall–Kier alpha value is -0.800. The van der Waals surface area contributed by atoms with Crippen LogP contribution < -0.4 is 11.5 Å². The quantitative estimate of drug-likeness (QED) is 0.596. The molecule has 3 nitrogen and oxygen atoms in total. The summed E-state index contributed by atoms with van der Waals surface area (Å²) < 4.78 is 4.98. The standard InChI is InChI=1S/C6H10N2O/c7-4-5(8)6-2-1-3-9-6/h1-3,5H,4,7-8H2/t5-/m1/s1. The number of nitrogens with two attached hydrogens (primary N) is 2. The van der Waals surface area contributed by atoms with Crippen molar-refractivity contribution in [3.63, 3.8) is 0 Å². The molecule has 1 aromatic rings. The van der Waals surface area contributed by atoms with Gasteiger partial charge in [-0.1, -0.05) is 0 Å². The predicted molar refractivity (Wildman–Crippen MR) is 34.7 cm³/mol. The van der Waals surface area contributed by atoms with Crippen LogP contribution in [0.4, 0.5) is 0 Å². The highest BCUT2D eigenvalue weighted by Crippen LogP contribution is 2.07. The van der Waals surface area contributed by atoms with Gasteiger partial charge in [-0.2, -0.15) is 0 Å². The van der Waals surface area contributed by atoms with Crippen molar-refractivity contribution in [1.82, 2.24) is 0 Å². The van der Waals surface area contributed by atoms with Gasteiger partial charge in [0.25, 0.3) is 0 Å². The summed E-state index contributed by atoms with van der Waals surface area (Å²) in [6, 6.07) is 3.46. The molecule has 1 aromatic heterocycles. The normalized spacial score (nSPS) is 13.6. The first-order valence-corrected chi connectivity index (χ1v) is 2.83. The fraction of sp³-hybridized carbons (Fsp3) is 0.333. The molecule has 0 fully saturated rings. The molecular weight excluding hydrogens is 116 g/mol. The van der Waals surface area contributed by atoms with Crippen LogP contribution in [0.5, 0.6) is 0 Å². The van der Waals surface area contributed by atoms with Gasteiger partial charge in [-0.3, -0.25) is 0 Å². The van der Waals surface area contributed by atoms with Gasteiger partial charge < -0.3 is 15.9 Å². The molecule has 0 spiro atoms. The van der Waals surface area contributed by atoms with Crippen molar-refractivity contribution in [3.05, 3.63) is 24.2 Å². The van der Waals surface area contributed by atoms with Crippen LogP contribution in [0.2, 0.25) is 0 Å². The van der Waals surface area contributed by atoms with E-state index in [1.165, 1.54) is 0 Å². The zero-order valence-corrected chi connectivity index (χ0v) is 5.08. The second kappa shape index (κ2) is 2.66. The molecule has 0 aliphatic heterocycles. The summed E-state index contributed by atoms with van der Waals surface area (Å²) in [7, 11) is 0. The number of hydrogen-bond acceptors (Lipinski definition) is 3. The first-order valence-electron chi connectivity index (χ1n) is 2.83. The summed E-state index contributed by atoms with van der Waals surface area (Å²) in [4.78, 5) is 0. The lowest BCUT2D eigenvalue weighted by molar-refractivity contribution is 0.469. The van der Waals surface area contributed by atoms with E-state index < -0.39 is 0 Å². The van der Waals surface area contributed by atoms with E-state index in [4.69, 9.17) is 15.9 Å². The Balaban J connectivity index is 2.65. The Morgan fingerprint density at radius 3 is 2.89 bits per heavy atom. The van der Waals surface area contributed by atoms with Gasteiger partial charge >= 0.3 is 0 Å². The van der Waals surface area contributed by atoms with E-state index in [0.717, 1.165) is 5.76 Å². The summed E-state index contributed by atoms with van der Waals surface area (Å²) in [5.74, 6) is 0.748. The molecular formula is C6H10N2O. The minimum Gasteiger partial charge on any atom is -0.468 e. The maximum atomic E-state index is 5.52. The molecule has 0 aliphatic carbocycles. The molecule has 9 heavy (non-hydrogen) atoms. The molecule has 1 atom stereocenters. The molecule has 0 saturated heterocycles. The molecule has 0 aliphatic rings. The van der Waals surface area contributed by atoms with Crippen LogP contribution in [0.25, 0.3) is 0 Å². The topological polar surface area (TPSA) is 65.2 Å². The summed E-state index contributed by atoms with van der Waals surface area (Å²) in [6.07, 6.45) is 1.59. The maximum absolute atomic E-state index is 5.52. The predicted octanol–water partition coefficient (Wildman–Crippen LogP) is 0.238. The fourth-order valence-corrected chi connectivity index (χ4v) is 0.618. The van der Waals surface area contributed by atoms with E-state index in [9.17, 15) is 0 Å². The van der Waals surface area contributed by atoms with E-state index in [1.807, 2.05) is 6.07 Å². The van der Waals surface area contributed by atoms with Crippen molar-refractivity contribution in [3.8, 4) is 0 Å². The third-order valence-corrected chi connectivity index (χ3v) is 1.16. The van der Waals surface area contributed by atoms with Crippen LogP contribution in [0.15, 0.2) is 22.8 Å². The Kier molecular flexibility index (Phi) is 1.87. The molecule has 0 unspecified atom stereocenters. The second-order valence-electron chi connectivity index (χ2n) is 1.86. The van der Waals surface area contributed by atoms with Crippen LogP contribution in [0.3, 0.4) is 0 Å². The molecule has 3 heteroatoms. The van der Waals surface area contributed by atoms with Crippen LogP contribution >= 0.6 is 0 Å². The highest BCUT2D eigenvalue weighted by atomic mass is 16.3. The van der Waals surface area contributed by atoms with Crippen molar-refractivity contribution in [1.29, 1.82) is 0 Å². The smallest absolute Gasteiger partial charge is 0.121 e. The average molecular weight is 126 g/mol. The van der Waals surface area contributed by atoms with E-state index in [-0.39, 0.29) is 6.04 Å². The SMILES string of the molecule is NC[C@@H](N)c1ccco1. The molecule has 0 radical (unpaired) electrons. The molecule has 0 saturated carbocycles. The summed E-state index contributed by atoms with van der Waals surface area (Å²) in [6.45, 7) is 0.424. The molecule has 0 bridgehead atoms. The van der Waals surface area contributed by atoms with Gasteiger partial charge in [0.05, 0.1) is 12.3 Å². The van der Waals surface area contributed by atoms with Gasteiger partial charge in [0.15, 0.2) is 0 Å². The van der Waals surface area contributed by atoms with Crippen LogP contribution in [0.1, 0.15) is 11.8 Å². The first kappa shape index (κ1) is 6.32. The van der Waals surface area contributed by atoms with Crippen molar-refractivity contribution in [2.24, 2.45) is 11.5 Å². The first-order chi connectivity index (χ1) is 4.34. The van der Waals surface area contributed by atoms with Crippen molar-refractivity contribution < 1.29 is 4.42 Å². The number of rotatable bonds is 2. The number of hydrogen-bond donors (Lipinski definition) is 2. The fourth-order valence-electron chi connectivity index (χ4n) is 0.618. The van der Waals surface area contributed by atoms with Crippen LogP contribution in [-0.2, 0) is 0 Å². The summed E-state index contributed by atoms with van der Waals surface area (Å²) in [5, 5.41) is 0. The highest BCUT2D eigenvalue weighted by Gasteiger charge is 2.03. The molecule has 1 rings (SSSR count). The average Bonchev–Trinajstić information content (AvgIpc) is 2.37. The Bertz CT molecular complexity index is 160. The zero-order chi connectivity index (χ0) is 6.69. The lowest BCUT2D eigenvalue weighted by Crippen LogP contribution is -2.19. The summed E-state index contributed by atoms with van der Waals surface area (Å²) in [5.41, 5.74) is 10.8. The van der Waals surface area contributed by atoms with Crippen molar-refractivity contribution in [2.75, 3.05) is 6.54 Å². The monoisotopic (exact) mass is 126 g/mol. The maximum Gasteiger partial charge on any atom is 0.121 e. The molecule has 4 N–H and O–H groups in total. The van der Waals surface area contributed by atoms with E-state index in [0.29, 0.717) is 6.54 Å². The van der Waals surface area contributed by atoms with E-state index in [2.05, 4.69) is 0 Å². The van der Waals surface area contributed by atoms with Crippen molar-refractivity contribution in [2.45, 2.75) is 6.04 Å². The zero-order valence-electron chi connectivity index (χ0n) is 5.08. The van der Waals surface area contributed by atoms with Crippen LogP contribution in [-0.4, -0.2) is 6.54 Å². The molecule has 50 valence electrons. The highest BCUT2D eigenvalue weighted by molar-refractivity contribution is 5.03.